The second kappa shape index (κ2) is 8.70. The average Bonchev–Trinajstić information content (AvgIpc) is 2.36. The van der Waals surface area contributed by atoms with Crippen molar-refractivity contribution in [3.8, 4) is 0 Å². The molecule has 6 N–H and O–H groups in total. The molecule has 1 aromatic carbocycles. The van der Waals surface area contributed by atoms with Crippen LogP contribution in [0, 0.1) is 0 Å². The molecule has 12 nitrogen and oxygen atoms in total. The maximum Gasteiger partial charge on any atom is 0.310 e. The van der Waals surface area contributed by atoms with Crippen LogP contribution >= 0.6 is 0 Å². The van der Waals surface area contributed by atoms with Crippen molar-refractivity contribution in [1.82, 2.24) is 0 Å². The zero-order chi connectivity index (χ0) is 20.9. The van der Waals surface area contributed by atoms with Gasteiger partial charge in [-0.25, -0.2) is 0 Å². The van der Waals surface area contributed by atoms with Gasteiger partial charge in [-0.2, -0.15) is 16.8 Å². The minimum absolute atomic E-state index is 0.312. The van der Waals surface area contributed by atoms with Crippen LogP contribution < -0.4 is 11.1 Å². The van der Waals surface area contributed by atoms with Gasteiger partial charge in [0.1, 0.15) is 22.0 Å². The molecule has 1 rings (SSSR count). The van der Waals surface area contributed by atoms with Crippen LogP contribution in [0.2, 0.25) is 0 Å². The Morgan fingerprint density at radius 3 is 1.73 bits per heavy atom. The van der Waals surface area contributed by atoms with E-state index in [-0.39, 0.29) is 12.2 Å². The van der Waals surface area contributed by atoms with E-state index in [0.29, 0.717) is 12.1 Å². The van der Waals surface area contributed by atoms with Crippen LogP contribution in [0.4, 0.5) is 11.4 Å². The Hall–Kier alpha value is -2.55. The zero-order valence-corrected chi connectivity index (χ0v) is 15.1. The average molecular weight is 412 g/mol. The molecule has 146 valence electrons. The number of carbonyl (C=O) groups excluding carboxylic acids is 2. The van der Waals surface area contributed by atoms with Crippen molar-refractivity contribution < 1.29 is 45.4 Å². The number of aliphatic carboxylic acids is 1. The standard InChI is InChI=1S/C8H10N2O7S2.C4H6O3/c1-4(11)10-6-3-7(18(12,13)14)5(9)2-8(6)19(15,16)17;1-3(5)2-4(6)7/h2-3H,9H2,1H3,(H,10,11)(H,12,13,14)(H,15,16,17);2H2,1H3,(H,6,7). The van der Waals surface area contributed by atoms with Gasteiger partial charge in [-0.05, 0) is 19.1 Å². The van der Waals surface area contributed by atoms with Gasteiger partial charge in [0, 0.05) is 6.92 Å². The largest absolute Gasteiger partial charge is 0.481 e. The monoisotopic (exact) mass is 412 g/mol. The number of hydrogen-bond donors (Lipinski definition) is 5. The van der Waals surface area contributed by atoms with Gasteiger partial charge in [0.2, 0.25) is 5.91 Å². The fourth-order valence-corrected chi connectivity index (χ4v) is 2.80. The maximum atomic E-state index is 11.1. The number of ketones is 1. The van der Waals surface area contributed by atoms with Crippen molar-refractivity contribution in [2.75, 3.05) is 11.1 Å². The molecule has 0 aliphatic rings. The number of carboxylic acid groups (broad SMARTS) is 1. The lowest BCUT2D eigenvalue weighted by molar-refractivity contribution is -0.139. The number of carbonyl (C=O) groups is 3. The highest BCUT2D eigenvalue weighted by Crippen LogP contribution is 2.30. The molecule has 0 aromatic heterocycles. The molecule has 1 aromatic rings. The number of anilines is 2. The van der Waals surface area contributed by atoms with E-state index < -0.39 is 53.3 Å². The molecule has 0 unspecified atom stereocenters. The number of nitrogens with two attached hydrogens (primary N) is 1. The molecular weight excluding hydrogens is 396 g/mol. The third kappa shape index (κ3) is 8.02. The highest BCUT2D eigenvalue weighted by atomic mass is 32.2. The van der Waals surface area contributed by atoms with Crippen LogP contribution in [0.3, 0.4) is 0 Å². The predicted octanol–water partition coefficient (Wildman–Crippen LogP) is -0.229. The first-order valence-corrected chi connectivity index (χ1v) is 9.31. The molecule has 0 bridgehead atoms. The number of nitrogen functional groups attached to an aromatic ring is 1. The van der Waals surface area contributed by atoms with Gasteiger partial charge in [-0.1, -0.05) is 0 Å². The molecule has 0 aliphatic carbocycles. The third-order valence-electron chi connectivity index (χ3n) is 2.38. The van der Waals surface area contributed by atoms with E-state index in [1.807, 2.05) is 5.32 Å². The van der Waals surface area contributed by atoms with Crippen molar-refractivity contribution in [2.45, 2.75) is 30.1 Å². The van der Waals surface area contributed by atoms with Gasteiger partial charge in [0.05, 0.1) is 11.4 Å². The third-order valence-corrected chi connectivity index (χ3v) is 4.18. The molecule has 0 saturated carbocycles. The SMILES string of the molecule is CC(=O)CC(=O)O.CC(=O)Nc1cc(S(=O)(=O)O)c(N)cc1S(=O)(=O)O. The molecule has 0 atom stereocenters. The zero-order valence-electron chi connectivity index (χ0n) is 13.5. The summed E-state index contributed by atoms with van der Waals surface area (Å²) in [6.45, 7) is 2.28. The van der Waals surface area contributed by atoms with E-state index in [9.17, 15) is 31.2 Å². The van der Waals surface area contributed by atoms with E-state index in [1.165, 1.54) is 6.92 Å². The Labute approximate surface area is 148 Å². The van der Waals surface area contributed by atoms with Gasteiger partial charge in [0.15, 0.2) is 0 Å². The number of hydrogen-bond acceptors (Lipinski definition) is 8. The topological polar surface area (TPSA) is 218 Å². The van der Waals surface area contributed by atoms with Crippen molar-refractivity contribution in [1.29, 1.82) is 0 Å². The molecular formula is C12H16N2O10S2. The molecule has 0 spiro atoms. The lowest BCUT2D eigenvalue weighted by Gasteiger charge is -2.11. The quantitative estimate of drug-likeness (QED) is 0.241. The highest BCUT2D eigenvalue weighted by molar-refractivity contribution is 7.86. The summed E-state index contributed by atoms with van der Waals surface area (Å²) >= 11 is 0. The van der Waals surface area contributed by atoms with Crippen molar-refractivity contribution in [3.05, 3.63) is 12.1 Å². The van der Waals surface area contributed by atoms with Crippen molar-refractivity contribution in [2.24, 2.45) is 0 Å². The van der Waals surface area contributed by atoms with Crippen LogP contribution in [-0.2, 0) is 34.6 Å². The van der Waals surface area contributed by atoms with Crippen LogP contribution in [-0.4, -0.2) is 48.7 Å². The molecule has 1 amide bonds. The lowest BCUT2D eigenvalue weighted by atomic mass is 10.3. The van der Waals surface area contributed by atoms with Gasteiger partial charge in [-0.15, -0.1) is 0 Å². The van der Waals surface area contributed by atoms with E-state index in [4.69, 9.17) is 19.9 Å². The summed E-state index contributed by atoms with van der Waals surface area (Å²) in [5.74, 6) is -2.09. The first-order valence-electron chi connectivity index (χ1n) is 6.43. The number of rotatable bonds is 5. The van der Waals surface area contributed by atoms with Crippen LogP contribution in [0.1, 0.15) is 20.3 Å². The summed E-state index contributed by atoms with van der Waals surface area (Å²) in [6.07, 6.45) is -0.361. The molecule has 26 heavy (non-hydrogen) atoms. The fraction of sp³-hybridized carbons (Fsp3) is 0.250. The molecule has 0 heterocycles. The molecule has 0 saturated heterocycles. The second-order valence-electron chi connectivity index (χ2n) is 4.79. The summed E-state index contributed by atoms with van der Waals surface area (Å²) in [4.78, 5) is 28.8. The summed E-state index contributed by atoms with van der Waals surface area (Å²) < 4.78 is 62.0. The summed E-state index contributed by atoms with van der Waals surface area (Å²) in [7, 11) is -9.44. The van der Waals surface area contributed by atoms with Crippen molar-refractivity contribution in [3.63, 3.8) is 0 Å². The number of nitrogens with one attached hydrogen (secondary N) is 1. The Morgan fingerprint density at radius 2 is 1.46 bits per heavy atom. The van der Waals surface area contributed by atoms with E-state index in [2.05, 4.69) is 0 Å². The summed E-state index contributed by atoms with van der Waals surface area (Å²) in [6, 6.07) is 1.25. The van der Waals surface area contributed by atoms with Crippen LogP contribution in [0.25, 0.3) is 0 Å². The number of benzene rings is 1. The first kappa shape index (κ1) is 23.4. The Kier molecular flexibility index (Phi) is 7.85. The van der Waals surface area contributed by atoms with Gasteiger partial charge in [-0.3, -0.25) is 23.5 Å². The Balaban J connectivity index is 0.000000758. The highest BCUT2D eigenvalue weighted by Gasteiger charge is 2.23. The Morgan fingerprint density at radius 1 is 1.00 bits per heavy atom. The molecule has 0 fully saturated rings. The second-order valence-corrected chi connectivity index (χ2v) is 7.57. The molecule has 14 heteroatoms. The van der Waals surface area contributed by atoms with Crippen LogP contribution in [0.15, 0.2) is 21.9 Å². The minimum atomic E-state index is -4.74. The number of amides is 1. The molecule has 0 radical (unpaired) electrons. The fourth-order valence-electron chi connectivity index (χ4n) is 1.51. The van der Waals surface area contributed by atoms with Crippen molar-refractivity contribution >= 4 is 49.3 Å². The van der Waals surface area contributed by atoms with E-state index >= 15 is 0 Å². The first-order chi connectivity index (χ1) is 11.6. The lowest BCUT2D eigenvalue weighted by Crippen LogP contribution is -2.13. The van der Waals surface area contributed by atoms with Crippen LogP contribution in [0.5, 0.6) is 0 Å². The van der Waals surface area contributed by atoms with Gasteiger partial charge >= 0.3 is 5.97 Å². The molecule has 0 aliphatic heterocycles. The Bertz CT molecular complexity index is 923. The minimum Gasteiger partial charge on any atom is -0.481 e. The predicted molar refractivity (Wildman–Crippen MR) is 87.7 cm³/mol. The normalized spacial score (nSPS) is 11.1. The van der Waals surface area contributed by atoms with E-state index in [0.717, 1.165) is 6.92 Å². The summed E-state index contributed by atoms with van der Waals surface area (Å²) in [5.41, 5.74) is 4.17. The smallest absolute Gasteiger partial charge is 0.310 e. The van der Waals surface area contributed by atoms with E-state index in [1.54, 1.807) is 0 Å². The van der Waals surface area contributed by atoms with Gasteiger partial charge < -0.3 is 16.2 Å². The summed E-state index contributed by atoms with van der Waals surface area (Å²) in [5, 5.41) is 9.87. The maximum absolute atomic E-state index is 11.1. The van der Waals surface area contributed by atoms with Gasteiger partial charge in [0.25, 0.3) is 20.2 Å². The number of carboxylic acids is 1. The number of Topliss-reactive ketones (excluding diaryl/α,β-unsaturated/α-hetero) is 1.